The number of hydrogen-bond acceptors (Lipinski definition) is 3. The summed E-state index contributed by atoms with van der Waals surface area (Å²) >= 11 is 0. The Morgan fingerprint density at radius 3 is 2.94 bits per heavy atom. The molecule has 3 atom stereocenters. The lowest BCUT2D eigenvalue weighted by Gasteiger charge is -2.13. The van der Waals surface area contributed by atoms with E-state index in [1.54, 1.807) is 10.9 Å². The number of hydrogen-bond donors (Lipinski definition) is 2. The second-order valence-corrected chi connectivity index (χ2v) is 4.68. The van der Waals surface area contributed by atoms with Gasteiger partial charge in [-0.2, -0.15) is 5.10 Å². The molecule has 1 saturated carbocycles. The van der Waals surface area contributed by atoms with E-state index >= 15 is 0 Å². The van der Waals surface area contributed by atoms with E-state index in [1.807, 2.05) is 19.2 Å². The van der Waals surface area contributed by atoms with Crippen molar-refractivity contribution in [3.8, 4) is 0 Å². The molecule has 16 heavy (non-hydrogen) atoms. The smallest absolute Gasteiger partial charge is 0.244 e. The molecular weight excluding hydrogens is 204 g/mol. The largest absolute Gasteiger partial charge is 0.351 e. The van der Waals surface area contributed by atoms with Crippen molar-refractivity contribution in [1.29, 1.82) is 0 Å². The van der Waals surface area contributed by atoms with Gasteiger partial charge in [0, 0.05) is 31.5 Å². The van der Waals surface area contributed by atoms with Gasteiger partial charge in [0.1, 0.15) is 6.04 Å². The molecule has 1 amide bonds. The lowest BCUT2D eigenvalue weighted by atomic mass is 10.3. The first-order chi connectivity index (χ1) is 7.77. The molecule has 2 heterocycles. The van der Waals surface area contributed by atoms with Gasteiger partial charge in [0.15, 0.2) is 0 Å². The number of amides is 1. The molecular formula is C11H16N4O. The van der Waals surface area contributed by atoms with Crippen LogP contribution < -0.4 is 10.6 Å². The highest BCUT2D eigenvalue weighted by atomic mass is 16.2. The fraction of sp³-hybridized carbons (Fsp3) is 0.636. The monoisotopic (exact) mass is 220 g/mol. The van der Waals surface area contributed by atoms with Crippen molar-refractivity contribution >= 4 is 5.91 Å². The number of carbonyl (C=O) groups excluding carboxylic acids is 1. The van der Waals surface area contributed by atoms with Gasteiger partial charge < -0.3 is 10.6 Å². The van der Waals surface area contributed by atoms with Gasteiger partial charge in [0.25, 0.3) is 0 Å². The fourth-order valence-electron chi connectivity index (χ4n) is 2.55. The predicted molar refractivity (Wildman–Crippen MR) is 58.7 cm³/mol. The van der Waals surface area contributed by atoms with Crippen molar-refractivity contribution in [2.45, 2.75) is 19.0 Å². The van der Waals surface area contributed by atoms with E-state index in [4.69, 9.17) is 0 Å². The fourth-order valence-corrected chi connectivity index (χ4v) is 2.55. The zero-order valence-electron chi connectivity index (χ0n) is 9.26. The molecule has 0 spiro atoms. The molecule has 0 bridgehead atoms. The number of nitrogens with one attached hydrogen (secondary N) is 2. The maximum atomic E-state index is 11.9. The summed E-state index contributed by atoms with van der Waals surface area (Å²) in [5, 5.41) is 10.5. The van der Waals surface area contributed by atoms with Crippen LogP contribution in [0.15, 0.2) is 18.5 Å². The molecule has 1 aliphatic heterocycles. The first kappa shape index (κ1) is 9.84. The van der Waals surface area contributed by atoms with E-state index in [0.717, 1.165) is 13.1 Å². The van der Waals surface area contributed by atoms with Crippen LogP contribution in [0.4, 0.5) is 0 Å². The highest BCUT2D eigenvalue weighted by Gasteiger charge is 2.53. The summed E-state index contributed by atoms with van der Waals surface area (Å²) in [4.78, 5) is 11.9. The van der Waals surface area contributed by atoms with Crippen LogP contribution in [0.3, 0.4) is 0 Å². The highest BCUT2D eigenvalue weighted by Crippen LogP contribution is 2.41. The lowest BCUT2D eigenvalue weighted by molar-refractivity contribution is -0.124. The minimum absolute atomic E-state index is 0.0723. The van der Waals surface area contributed by atoms with E-state index in [0.29, 0.717) is 17.9 Å². The van der Waals surface area contributed by atoms with Crippen molar-refractivity contribution in [2.75, 3.05) is 13.1 Å². The van der Waals surface area contributed by atoms with Gasteiger partial charge >= 0.3 is 0 Å². The molecule has 2 fully saturated rings. The summed E-state index contributed by atoms with van der Waals surface area (Å²) in [5.41, 5.74) is 0. The van der Waals surface area contributed by atoms with Crippen molar-refractivity contribution < 1.29 is 4.79 Å². The van der Waals surface area contributed by atoms with Crippen LogP contribution in [0.1, 0.15) is 13.0 Å². The molecule has 3 rings (SSSR count). The number of aromatic nitrogens is 2. The molecule has 3 unspecified atom stereocenters. The number of carbonyl (C=O) groups is 1. The Labute approximate surface area is 94.2 Å². The Kier molecular flexibility index (Phi) is 2.21. The third-order valence-electron chi connectivity index (χ3n) is 3.70. The first-order valence-electron chi connectivity index (χ1n) is 5.77. The molecule has 5 heteroatoms. The minimum atomic E-state index is -0.218. The summed E-state index contributed by atoms with van der Waals surface area (Å²) < 4.78 is 1.69. The quantitative estimate of drug-likeness (QED) is 0.740. The summed E-state index contributed by atoms with van der Waals surface area (Å²) in [7, 11) is 0. The Morgan fingerprint density at radius 1 is 1.56 bits per heavy atom. The summed E-state index contributed by atoms with van der Waals surface area (Å²) in [6, 6.07) is 2.01. The molecule has 2 aliphatic rings. The highest BCUT2D eigenvalue weighted by molar-refractivity contribution is 5.80. The minimum Gasteiger partial charge on any atom is -0.351 e. The molecule has 2 N–H and O–H groups in total. The average Bonchev–Trinajstić information content (AvgIpc) is 2.81. The first-order valence-corrected chi connectivity index (χ1v) is 5.77. The third-order valence-corrected chi connectivity index (χ3v) is 3.70. The predicted octanol–water partition coefficient (Wildman–Crippen LogP) is -0.222. The zero-order valence-corrected chi connectivity index (χ0v) is 9.26. The second-order valence-electron chi connectivity index (χ2n) is 4.68. The van der Waals surface area contributed by atoms with E-state index < -0.39 is 0 Å². The Balaban J connectivity index is 1.58. The van der Waals surface area contributed by atoms with Gasteiger partial charge in [-0.25, -0.2) is 0 Å². The van der Waals surface area contributed by atoms with Crippen LogP contribution in [0.2, 0.25) is 0 Å². The van der Waals surface area contributed by atoms with Crippen LogP contribution in [0, 0.1) is 11.8 Å². The summed E-state index contributed by atoms with van der Waals surface area (Å²) in [6.07, 6.45) is 3.51. The lowest BCUT2D eigenvalue weighted by Crippen LogP contribution is -2.36. The maximum absolute atomic E-state index is 11.9. The molecule has 0 radical (unpaired) electrons. The van der Waals surface area contributed by atoms with Gasteiger partial charge in [0.2, 0.25) is 5.91 Å². The van der Waals surface area contributed by atoms with Gasteiger partial charge in [0.05, 0.1) is 0 Å². The standard InChI is InChI=1S/C11H16N4O/c1-7(15-4-2-3-13-15)11(16)14-10-8-5-12-6-9(8)10/h2-4,7-10,12H,5-6H2,1H3,(H,14,16). The van der Waals surface area contributed by atoms with Crippen LogP contribution in [-0.4, -0.2) is 34.8 Å². The average molecular weight is 220 g/mol. The van der Waals surface area contributed by atoms with E-state index in [-0.39, 0.29) is 11.9 Å². The van der Waals surface area contributed by atoms with Crippen LogP contribution in [-0.2, 0) is 4.79 Å². The molecule has 86 valence electrons. The number of piperidine rings is 1. The van der Waals surface area contributed by atoms with Gasteiger partial charge in [-0.15, -0.1) is 0 Å². The van der Waals surface area contributed by atoms with Crippen molar-refractivity contribution in [1.82, 2.24) is 20.4 Å². The van der Waals surface area contributed by atoms with E-state index in [9.17, 15) is 4.79 Å². The molecule has 0 aromatic carbocycles. The maximum Gasteiger partial charge on any atom is 0.244 e. The molecule has 1 aromatic heterocycles. The Hall–Kier alpha value is -1.36. The summed E-state index contributed by atoms with van der Waals surface area (Å²) in [5.74, 6) is 1.39. The van der Waals surface area contributed by atoms with Crippen LogP contribution in [0.25, 0.3) is 0 Å². The van der Waals surface area contributed by atoms with E-state index in [2.05, 4.69) is 15.7 Å². The van der Waals surface area contributed by atoms with E-state index in [1.165, 1.54) is 0 Å². The third kappa shape index (κ3) is 1.51. The number of nitrogens with zero attached hydrogens (tertiary/aromatic N) is 2. The number of fused-ring (bicyclic) bond motifs is 1. The zero-order chi connectivity index (χ0) is 11.1. The van der Waals surface area contributed by atoms with Crippen molar-refractivity contribution in [2.24, 2.45) is 11.8 Å². The van der Waals surface area contributed by atoms with Gasteiger partial charge in [-0.3, -0.25) is 9.48 Å². The number of rotatable bonds is 3. The molecule has 5 nitrogen and oxygen atoms in total. The topological polar surface area (TPSA) is 59.0 Å². The van der Waals surface area contributed by atoms with Crippen LogP contribution in [0.5, 0.6) is 0 Å². The van der Waals surface area contributed by atoms with Gasteiger partial charge in [-0.05, 0) is 24.8 Å². The van der Waals surface area contributed by atoms with Crippen LogP contribution >= 0.6 is 0 Å². The normalized spacial score (nSPS) is 33.2. The van der Waals surface area contributed by atoms with Crippen molar-refractivity contribution in [3.05, 3.63) is 18.5 Å². The Bertz CT molecular complexity index is 379. The Morgan fingerprint density at radius 2 is 2.31 bits per heavy atom. The molecule has 1 aromatic rings. The SMILES string of the molecule is CC(C(=O)NC1C2CNCC21)n1cccn1. The summed E-state index contributed by atoms with van der Waals surface area (Å²) in [6.45, 7) is 3.97. The molecule has 1 aliphatic carbocycles. The van der Waals surface area contributed by atoms with Gasteiger partial charge in [-0.1, -0.05) is 0 Å². The van der Waals surface area contributed by atoms with Crippen molar-refractivity contribution in [3.63, 3.8) is 0 Å². The second kappa shape index (κ2) is 3.59. The molecule has 1 saturated heterocycles.